The minimum absolute atomic E-state index is 0.367. The number of aromatic hydroxyl groups is 1. The molecule has 0 saturated heterocycles. The molecule has 0 aliphatic heterocycles. The third-order valence-corrected chi connectivity index (χ3v) is 7.57. The number of hydrogen-bond donors (Lipinski definition) is 1. The van der Waals surface area contributed by atoms with Crippen molar-refractivity contribution in [3.63, 3.8) is 0 Å². The molecule has 0 aromatic heterocycles. The molecule has 2 fully saturated rings. The molecule has 1 heteroatoms. The number of phenolic OH excluding ortho intramolecular Hbond substituents is 1. The van der Waals surface area contributed by atoms with Gasteiger partial charge in [-0.2, -0.15) is 0 Å². The van der Waals surface area contributed by atoms with Gasteiger partial charge in [0.25, 0.3) is 0 Å². The van der Waals surface area contributed by atoms with Crippen LogP contribution < -0.4 is 0 Å². The number of aryl methyl sites for hydroxylation is 1. The molecule has 3 aliphatic rings. The number of benzene rings is 1. The lowest BCUT2D eigenvalue weighted by Gasteiger charge is -2.50. The van der Waals surface area contributed by atoms with Crippen LogP contribution >= 0.6 is 0 Å². The second kappa shape index (κ2) is 5.30. The molecule has 3 aliphatic carbocycles. The van der Waals surface area contributed by atoms with Gasteiger partial charge >= 0.3 is 0 Å². The molecule has 0 amide bonds. The van der Waals surface area contributed by atoms with Gasteiger partial charge in [0.05, 0.1) is 5.56 Å². The van der Waals surface area contributed by atoms with Crippen LogP contribution in [0.4, 0.5) is 0 Å². The predicted octanol–water partition coefficient (Wildman–Crippen LogP) is 5.26. The summed E-state index contributed by atoms with van der Waals surface area (Å²) in [6, 6.07) is 4.20. The molecular formula is C22H28O. The maximum Gasteiger partial charge on any atom is 0.131 e. The highest BCUT2D eigenvalue weighted by atomic mass is 16.3. The fourth-order valence-corrected chi connectivity index (χ4v) is 6.11. The first-order chi connectivity index (χ1) is 11.0. The maximum atomic E-state index is 10.2. The van der Waals surface area contributed by atoms with Crippen molar-refractivity contribution in [1.29, 1.82) is 0 Å². The molecule has 0 bridgehead atoms. The zero-order valence-corrected chi connectivity index (χ0v) is 14.7. The van der Waals surface area contributed by atoms with Crippen molar-refractivity contribution in [3.8, 4) is 17.6 Å². The molecular weight excluding hydrogens is 280 g/mol. The monoisotopic (exact) mass is 308 g/mol. The molecule has 0 heterocycles. The quantitative estimate of drug-likeness (QED) is 0.648. The van der Waals surface area contributed by atoms with E-state index in [9.17, 15) is 5.11 Å². The van der Waals surface area contributed by atoms with Crippen LogP contribution in [-0.4, -0.2) is 5.11 Å². The van der Waals surface area contributed by atoms with Crippen LogP contribution in [0.2, 0.25) is 0 Å². The number of hydrogen-bond acceptors (Lipinski definition) is 1. The molecule has 5 atom stereocenters. The van der Waals surface area contributed by atoms with Crippen molar-refractivity contribution in [3.05, 3.63) is 28.8 Å². The van der Waals surface area contributed by atoms with Gasteiger partial charge < -0.3 is 5.11 Å². The Bertz CT molecular complexity index is 692. The third-order valence-electron chi connectivity index (χ3n) is 7.57. The molecule has 1 N–H and O–H groups in total. The van der Waals surface area contributed by atoms with E-state index in [0.717, 1.165) is 29.7 Å². The average molecular weight is 308 g/mol. The molecule has 4 rings (SSSR count). The van der Waals surface area contributed by atoms with Crippen LogP contribution in [0.25, 0.3) is 0 Å². The SMILES string of the molecule is CC#Cc1cc2c(cc1O)CCC1C2CC[C@]2(C)C(C)CCC12. The van der Waals surface area contributed by atoms with Gasteiger partial charge in [-0.25, -0.2) is 0 Å². The van der Waals surface area contributed by atoms with E-state index in [4.69, 9.17) is 0 Å². The van der Waals surface area contributed by atoms with Crippen molar-refractivity contribution in [2.75, 3.05) is 0 Å². The largest absolute Gasteiger partial charge is 0.507 e. The summed E-state index contributed by atoms with van der Waals surface area (Å²) < 4.78 is 0. The molecule has 4 unspecified atom stereocenters. The average Bonchev–Trinajstić information content (AvgIpc) is 2.84. The van der Waals surface area contributed by atoms with Crippen molar-refractivity contribution in [2.24, 2.45) is 23.2 Å². The van der Waals surface area contributed by atoms with Gasteiger partial charge in [0.15, 0.2) is 0 Å². The standard InChI is InChI=1S/C22H28O/c1-4-5-16-12-19-15(13-21(16)23)7-8-18-17(19)10-11-22(3)14(2)6-9-20(18)22/h12-14,17-18,20,23H,6-11H2,1-3H3/t14?,17?,18?,20?,22-/m1/s1. The summed E-state index contributed by atoms with van der Waals surface area (Å²) in [6.07, 6.45) is 7.97. The fourth-order valence-electron chi connectivity index (χ4n) is 6.11. The molecule has 1 nitrogen and oxygen atoms in total. The van der Waals surface area contributed by atoms with E-state index in [2.05, 4.69) is 31.8 Å². The lowest BCUT2D eigenvalue weighted by atomic mass is 9.54. The Labute approximate surface area is 140 Å². The van der Waals surface area contributed by atoms with Crippen molar-refractivity contribution < 1.29 is 5.11 Å². The Morgan fingerprint density at radius 1 is 1.17 bits per heavy atom. The van der Waals surface area contributed by atoms with E-state index in [1.165, 1.54) is 43.2 Å². The van der Waals surface area contributed by atoms with Gasteiger partial charge in [0.1, 0.15) is 5.75 Å². The van der Waals surface area contributed by atoms with Crippen LogP contribution in [0.1, 0.15) is 75.5 Å². The number of rotatable bonds is 0. The van der Waals surface area contributed by atoms with Gasteiger partial charge in [0, 0.05) is 0 Å². The first-order valence-corrected chi connectivity index (χ1v) is 9.33. The van der Waals surface area contributed by atoms with Crippen LogP contribution in [0.15, 0.2) is 12.1 Å². The van der Waals surface area contributed by atoms with Crippen LogP contribution in [0, 0.1) is 35.0 Å². The minimum atomic E-state index is 0.367. The number of phenols is 1. The first-order valence-electron chi connectivity index (χ1n) is 9.33. The topological polar surface area (TPSA) is 20.2 Å². The molecule has 0 radical (unpaired) electrons. The van der Waals surface area contributed by atoms with E-state index in [1.807, 2.05) is 13.0 Å². The van der Waals surface area contributed by atoms with Crippen molar-refractivity contribution in [1.82, 2.24) is 0 Å². The Morgan fingerprint density at radius 3 is 2.78 bits per heavy atom. The molecule has 122 valence electrons. The maximum absolute atomic E-state index is 10.2. The molecule has 1 aromatic rings. The third kappa shape index (κ3) is 2.14. The smallest absolute Gasteiger partial charge is 0.131 e. The van der Waals surface area contributed by atoms with E-state index >= 15 is 0 Å². The summed E-state index contributed by atoms with van der Waals surface area (Å²) in [5.74, 6) is 9.72. The van der Waals surface area contributed by atoms with Gasteiger partial charge in [-0.05, 0) is 97.8 Å². The summed E-state index contributed by atoms with van der Waals surface area (Å²) in [7, 11) is 0. The van der Waals surface area contributed by atoms with Crippen LogP contribution in [0.3, 0.4) is 0 Å². The van der Waals surface area contributed by atoms with Crippen molar-refractivity contribution in [2.45, 2.75) is 65.2 Å². The predicted molar refractivity (Wildman–Crippen MR) is 94.4 cm³/mol. The lowest BCUT2D eigenvalue weighted by molar-refractivity contribution is 0.0336. The summed E-state index contributed by atoms with van der Waals surface area (Å²) in [6.45, 7) is 6.88. The Balaban J connectivity index is 1.74. The molecule has 0 spiro atoms. The second-order valence-corrected chi connectivity index (χ2v) is 8.38. The molecule has 23 heavy (non-hydrogen) atoms. The first kappa shape index (κ1) is 15.1. The fraction of sp³-hybridized carbons (Fsp3) is 0.636. The number of fused-ring (bicyclic) bond motifs is 5. The molecule has 2 saturated carbocycles. The van der Waals surface area contributed by atoms with Crippen LogP contribution in [0.5, 0.6) is 5.75 Å². The highest BCUT2D eigenvalue weighted by Crippen LogP contribution is 2.62. The zero-order valence-electron chi connectivity index (χ0n) is 14.7. The van der Waals surface area contributed by atoms with E-state index in [-0.39, 0.29) is 0 Å². The van der Waals surface area contributed by atoms with Gasteiger partial charge in [-0.15, -0.1) is 5.92 Å². The van der Waals surface area contributed by atoms with Gasteiger partial charge in [0.2, 0.25) is 0 Å². The Kier molecular flexibility index (Phi) is 3.49. The Morgan fingerprint density at radius 2 is 2.00 bits per heavy atom. The Hall–Kier alpha value is -1.42. The lowest BCUT2D eigenvalue weighted by Crippen LogP contribution is -2.41. The minimum Gasteiger partial charge on any atom is -0.507 e. The highest BCUT2D eigenvalue weighted by molar-refractivity contribution is 5.52. The van der Waals surface area contributed by atoms with E-state index in [1.54, 1.807) is 0 Å². The van der Waals surface area contributed by atoms with Gasteiger partial charge in [-0.3, -0.25) is 0 Å². The highest BCUT2D eigenvalue weighted by Gasteiger charge is 2.53. The summed E-state index contributed by atoms with van der Waals surface area (Å²) in [5, 5.41) is 10.2. The van der Waals surface area contributed by atoms with Crippen molar-refractivity contribution >= 4 is 0 Å². The van der Waals surface area contributed by atoms with E-state index in [0.29, 0.717) is 17.1 Å². The van der Waals surface area contributed by atoms with Crippen LogP contribution in [-0.2, 0) is 6.42 Å². The summed E-state index contributed by atoms with van der Waals surface area (Å²) >= 11 is 0. The summed E-state index contributed by atoms with van der Waals surface area (Å²) in [4.78, 5) is 0. The second-order valence-electron chi connectivity index (χ2n) is 8.38. The van der Waals surface area contributed by atoms with E-state index < -0.39 is 0 Å². The zero-order chi connectivity index (χ0) is 16.2. The molecule has 1 aromatic carbocycles. The normalized spacial score (nSPS) is 38.0. The van der Waals surface area contributed by atoms with Gasteiger partial charge in [-0.1, -0.05) is 19.8 Å². The summed E-state index contributed by atoms with van der Waals surface area (Å²) in [5.41, 5.74) is 4.26.